The zero-order valence-corrected chi connectivity index (χ0v) is 9.67. The van der Waals surface area contributed by atoms with Crippen LogP contribution in [0.5, 0.6) is 0 Å². The van der Waals surface area contributed by atoms with E-state index in [1.165, 1.54) is 6.42 Å². The first-order valence-corrected chi connectivity index (χ1v) is 5.89. The summed E-state index contributed by atoms with van der Waals surface area (Å²) in [7, 11) is 0. The van der Waals surface area contributed by atoms with Crippen LogP contribution in [-0.2, 0) is 4.79 Å². The summed E-state index contributed by atoms with van der Waals surface area (Å²) in [4.78, 5) is 13.9. The van der Waals surface area contributed by atoms with Crippen LogP contribution >= 0.6 is 0 Å². The Bertz CT molecular complexity index is 409. The van der Waals surface area contributed by atoms with Crippen molar-refractivity contribution < 1.29 is 10.0 Å². The van der Waals surface area contributed by atoms with Gasteiger partial charge in [-0.15, -0.1) is 0 Å². The van der Waals surface area contributed by atoms with E-state index in [1.54, 1.807) is 17.0 Å². The number of rotatable bonds is 2. The molecule has 0 atom stereocenters. The van der Waals surface area contributed by atoms with Crippen LogP contribution in [0.1, 0.15) is 24.8 Å². The van der Waals surface area contributed by atoms with E-state index in [1.807, 2.05) is 18.2 Å². The zero-order chi connectivity index (χ0) is 12.1. The van der Waals surface area contributed by atoms with Crippen LogP contribution in [0.2, 0.25) is 0 Å². The van der Waals surface area contributed by atoms with E-state index in [2.05, 4.69) is 5.16 Å². The molecule has 0 radical (unpaired) electrons. The lowest BCUT2D eigenvalue weighted by atomic mass is 10.1. The Morgan fingerprint density at radius 1 is 1.12 bits per heavy atom. The summed E-state index contributed by atoms with van der Waals surface area (Å²) in [6.45, 7) is 1.51. The minimum atomic E-state index is -0.182. The van der Waals surface area contributed by atoms with E-state index < -0.39 is 0 Å². The highest BCUT2D eigenvalue weighted by atomic mass is 16.4. The summed E-state index contributed by atoms with van der Waals surface area (Å²) < 4.78 is 0. The largest absolute Gasteiger partial charge is 0.410 e. The van der Waals surface area contributed by atoms with Gasteiger partial charge in [-0.2, -0.15) is 0 Å². The van der Waals surface area contributed by atoms with Crippen LogP contribution in [0.25, 0.3) is 0 Å². The first-order chi connectivity index (χ1) is 8.33. The number of oxime groups is 1. The van der Waals surface area contributed by atoms with Crippen LogP contribution in [0, 0.1) is 0 Å². The molecule has 0 bridgehead atoms. The molecule has 1 amide bonds. The normalized spacial score (nSPS) is 16.9. The minimum absolute atomic E-state index is 0.132. The van der Waals surface area contributed by atoms with Gasteiger partial charge in [-0.3, -0.25) is 4.79 Å². The maximum absolute atomic E-state index is 12.2. The van der Waals surface area contributed by atoms with Gasteiger partial charge in [0.15, 0.2) is 5.71 Å². The second kappa shape index (κ2) is 5.48. The molecule has 1 heterocycles. The Labute approximate surface area is 101 Å². The number of carbonyl (C=O) groups is 1. The van der Waals surface area contributed by atoms with E-state index in [9.17, 15) is 4.79 Å². The number of piperidine rings is 1. The standard InChI is InChI=1S/C13H16N2O2/c16-13(15-9-5-2-6-10-15)12(14-17)11-7-3-1-4-8-11/h1,3-4,7-8,17H,2,5-6,9-10H2. The van der Waals surface area contributed by atoms with Gasteiger partial charge in [0.1, 0.15) is 0 Å². The van der Waals surface area contributed by atoms with Crippen LogP contribution in [0.4, 0.5) is 0 Å². The molecule has 1 aliphatic heterocycles. The second-order valence-corrected chi connectivity index (χ2v) is 4.17. The van der Waals surface area contributed by atoms with E-state index in [0.717, 1.165) is 25.9 Å². The van der Waals surface area contributed by atoms with Gasteiger partial charge in [0.25, 0.3) is 5.91 Å². The Morgan fingerprint density at radius 3 is 2.35 bits per heavy atom. The predicted molar refractivity (Wildman–Crippen MR) is 65.2 cm³/mol. The fourth-order valence-corrected chi connectivity index (χ4v) is 2.07. The van der Waals surface area contributed by atoms with Crippen LogP contribution < -0.4 is 0 Å². The molecule has 1 aromatic carbocycles. The predicted octanol–water partition coefficient (Wildman–Crippen LogP) is 1.88. The van der Waals surface area contributed by atoms with Crippen molar-refractivity contribution in [1.82, 2.24) is 4.90 Å². The molecule has 0 saturated carbocycles. The van der Waals surface area contributed by atoms with Crippen molar-refractivity contribution in [2.24, 2.45) is 5.16 Å². The molecule has 1 saturated heterocycles. The van der Waals surface area contributed by atoms with Crippen molar-refractivity contribution in [3.05, 3.63) is 35.9 Å². The molecule has 0 unspecified atom stereocenters. The second-order valence-electron chi connectivity index (χ2n) is 4.17. The summed E-state index contributed by atoms with van der Waals surface area (Å²) in [5.41, 5.74) is 0.790. The smallest absolute Gasteiger partial charge is 0.276 e. The molecule has 0 aromatic heterocycles. The van der Waals surface area contributed by atoms with Gasteiger partial charge in [-0.05, 0) is 19.3 Å². The highest BCUT2D eigenvalue weighted by molar-refractivity contribution is 6.45. The number of nitrogens with zero attached hydrogens (tertiary/aromatic N) is 2. The van der Waals surface area contributed by atoms with Crippen molar-refractivity contribution >= 4 is 11.6 Å². The Kier molecular flexibility index (Phi) is 3.75. The first-order valence-electron chi connectivity index (χ1n) is 5.89. The lowest BCUT2D eigenvalue weighted by molar-refractivity contribution is -0.125. The summed E-state index contributed by atoms with van der Waals surface area (Å²) in [6.07, 6.45) is 3.22. The summed E-state index contributed by atoms with van der Waals surface area (Å²) in [6, 6.07) is 9.06. The van der Waals surface area contributed by atoms with E-state index >= 15 is 0 Å². The third-order valence-electron chi connectivity index (χ3n) is 2.99. The molecule has 90 valence electrons. The highest BCUT2D eigenvalue weighted by Crippen LogP contribution is 2.11. The van der Waals surface area contributed by atoms with Crippen LogP contribution in [0.3, 0.4) is 0 Å². The number of hydrogen-bond donors (Lipinski definition) is 1. The summed E-state index contributed by atoms with van der Waals surface area (Å²) in [5, 5.41) is 12.2. The summed E-state index contributed by atoms with van der Waals surface area (Å²) in [5.74, 6) is -0.182. The number of amides is 1. The molecule has 1 aromatic rings. The molecular weight excluding hydrogens is 216 g/mol. The van der Waals surface area contributed by atoms with Gasteiger partial charge < -0.3 is 10.1 Å². The van der Waals surface area contributed by atoms with Gasteiger partial charge in [-0.25, -0.2) is 0 Å². The number of likely N-dealkylation sites (tertiary alicyclic amines) is 1. The first kappa shape index (κ1) is 11.6. The average molecular weight is 232 g/mol. The fraction of sp³-hybridized carbons (Fsp3) is 0.385. The number of hydrogen-bond acceptors (Lipinski definition) is 3. The van der Waals surface area contributed by atoms with Gasteiger partial charge >= 0.3 is 0 Å². The van der Waals surface area contributed by atoms with Gasteiger partial charge in [0.2, 0.25) is 0 Å². The topological polar surface area (TPSA) is 52.9 Å². The molecule has 0 spiro atoms. The number of carbonyl (C=O) groups excluding carboxylic acids is 1. The monoisotopic (exact) mass is 232 g/mol. The summed E-state index contributed by atoms with van der Waals surface area (Å²) >= 11 is 0. The molecule has 1 N–H and O–H groups in total. The maximum Gasteiger partial charge on any atom is 0.276 e. The molecule has 4 nitrogen and oxygen atoms in total. The SMILES string of the molecule is O=C(C(=NO)c1ccccc1)N1CCCCC1. The molecule has 0 aliphatic carbocycles. The van der Waals surface area contributed by atoms with E-state index in [0.29, 0.717) is 5.56 Å². The number of benzene rings is 1. The lowest BCUT2D eigenvalue weighted by Crippen LogP contribution is -2.40. The minimum Gasteiger partial charge on any atom is -0.410 e. The third kappa shape index (κ3) is 2.64. The Balaban J connectivity index is 2.16. The Hall–Kier alpha value is -1.84. The molecule has 1 fully saturated rings. The Morgan fingerprint density at radius 2 is 1.76 bits per heavy atom. The van der Waals surface area contributed by atoms with Crippen molar-refractivity contribution in [2.45, 2.75) is 19.3 Å². The molecular formula is C13H16N2O2. The maximum atomic E-state index is 12.2. The van der Waals surface area contributed by atoms with Crippen molar-refractivity contribution in [2.75, 3.05) is 13.1 Å². The van der Waals surface area contributed by atoms with Crippen molar-refractivity contribution in [3.63, 3.8) is 0 Å². The quantitative estimate of drug-likeness (QED) is 0.481. The molecule has 2 rings (SSSR count). The van der Waals surface area contributed by atoms with Gasteiger partial charge in [-0.1, -0.05) is 35.5 Å². The third-order valence-corrected chi connectivity index (χ3v) is 2.99. The molecule has 17 heavy (non-hydrogen) atoms. The van der Waals surface area contributed by atoms with E-state index in [4.69, 9.17) is 5.21 Å². The lowest BCUT2D eigenvalue weighted by Gasteiger charge is -2.26. The molecule has 4 heteroatoms. The van der Waals surface area contributed by atoms with Gasteiger partial charge in [0, 0.05) is 18.7 Å². The average Bonchev–Trinajstić information content (AvgIpc) is 2.42. The van der Waals surface area contributed by atoms with Gasteiger partial charge in [0.05, 0.1) is 0 Å². The zero-order valence-electron chi connectivity index (χ0n) is 9.67. The van der Waals surface area contributed by atoms with Crippen LogP contribution in [0.15, 0.2) is 35.5 Å². The van der Waals surface area contributed by atoms with Crippen molar-refractivity contribution in [1.29, 1.82) is 0 Å². The molecule has 1 aliphatic rings. The van der Waals surface area contributed by atoms with E-state index in [-0.39, 0.29) is 11.6 Å². The van der Waals surface area contributed by atoms with Crippen molar-refractivity contribution in [3.8, 4) is 0 Å². The van der Waals surface area contributed by atoms with Crippen LogP contribution in [-0.4, -0.2) is 34.8 Å². The highest BCUT2D eigenvalue weighted by Gasteiger charge is 2.23. The fourth-order valence-electron chi connectivity index (χ4n) is 2.07.